The highest BCUT2D eigenvalue weighted by Crippen LogP contribution is 2.25. The average Bonchev–Trinajstić information content (AvgIpc) is 2.37. The van der Waals surface area contributed by atoms with Gasteiger partial charge < -0.3 is 14.8 Å². The molecule has 1 aromatic carbocycles. The summed E-state index contributed by atoms with van der Waals surface area (Å²) in [4.78, 5) is 11.4. The molecular weight excluding hydrogens is 237 g/mol. The molecule has 0 bridgehead atoms. The van der Waals surface area contributed by atoms with E-state index in [0.29, 0.717) is 24.6 Å². The molecule has 1 N–H and O–H groups in total. The van der Waals surface area contributed by atoms with Crippen molar-refractivity contribution in [2.45, 2.75) is 13.8 Å². The Morgan fingerprint density at radius 2 is 2.22 bits per heavy atom. The summed E-state index contributed by atoms with van der Waals surface area (Å²) in [7, 11) is 1.47. The molecule has 0 saturated heterocycles. The quantitative estimate of drug-likeness (QED) is 0.793. The Labute approximate surface area is 106 Å². The maximum atomic E-state index is 13.0. The SMILES string of the molecule is CCOC(=O)C(C)CNc1ccc(F)cc1OC. The van der Waals surface area contributed by atoms with Crippen molar-refractivity contribution in [1.82, 2.24) is 0 Å². The standard InChI is InChI=1S/C13H18FNO3/c1-4-18-13(16)9(2)8-15-11-6-5-10(14)7-12(11)17-3/h5-7,9,15H,4,8H2,1-3H3. The molecule has 0 spiro atoms. The fourth-order valence-electron chi connectivity index (χ4n) is 1.44. The first-order valence-corrected chi connectivity index (χ1v) is 5.82. The van der Waals surface area contributed by atoms with Crippen LogP contribution in [0.25, 0.3) is 0 Å². The summed E-state index contributed by atoms with van der Waals surface area (Å²) >= 11 is 0. The summed E-state index contributed by atoms with van der Waals surface area (Å²) in [5.41, 5.74) is 0.648. The lowest BCUT2D eigenvalue weighted by atomic mass is 10.2. The van der Waals surface area contributed by atoms with Gasteiger partial charge in [0.15, 0.2) is 0 Å². The van der Waals surface area contributed by atoms with E-state index in [0.717, 1.165) is 0 Å². The first kappa shape index (κ1) is 14.3. The van der Waals surface area contributed by atoms with E-state index >= 15 is 0 Å². The van der Waals surface area contributed by atoms with Crippen LogP contribution in [0.1, 0.15) is 13.8 Å². The number of carbonyl (C=O) groups is 1. The van der Waals surface area contributed by atoms with Crippen LogP contribution in [0.5, 0.6) is 5.75 Å². The Morgan fingerprint density at radius 3 is 2.83 bits per heavy atom. The number of nitrogens with one attached hydrogen (secondary N) is 1. The van der Waals surface area contributed by atoms with Gasteiger partial charge >= 0.3 is 5.97 Å². The molecule has 0 saturated carbocycles. The van der Waals surface area contributed by atoms with E-state index in [-0.39, 0.29) is 17.7 Å². The lowest BCUT2D eigenvalue weighted by molar-refractivity contribution is -0.146. The van der Waals surface area contributed by atoms with Gasteiger partial charge in [0.2, 0.25) is 0 Å². The Kier molecular flexibility index (Phi) is 5.42. The van der Waals surface area contributed by atoms with Gasteiger partial charge in [-0.05, 0) is 19.1 Å². The number of methoxy groups -OCH3 is 1. The maximum Gasteiger partial charge on any atom is 0.310 e. The summed E-state index contributed by atoms with van der Waals surface area (Å²) in [5.74, 6) is -0.493. The Hall–Kier alpha value is -1.78. The lowest BCUT2D eigenvalue weighted by Crippen LogP contribution is -2.22. The molecule has 100 valence electrons. The van der Waals surface area contributed by atoms with E-state index in [4.69, 9.17) is 9.47 Å². The third-order valence-electron chi connectivity index (χ3n) is 2.45. The normalized spacial score (nSPS) is 11.8. The largest absolute Gasteiger partial charge is 0.494 e. The molecule has 0 aromatic heterocycles. The molecule has 5 heteroatoms. The smallest absolute Gasteiger partial charge is 0.310 e. The monoisotopic (exact) mass is 255 g/mol. The predicted molar refractivity (Wildman–Crippen MR) is 67.2 cm³/mol. The molecule has 1 aromatic rings. The molecule has 0 fully saturated rings. The van der Waals surface area contributed by atoms with Gasteiger partial charge in [-0.2, -0.15) is 0 Å². The van der Waals surface area contributed by atoms with E-state index in [1.54, 1.807) is 19.9 Å². The number of anilines is 1. The number of hydrogen-bond donors (Lipinski definition) is 1. The number of halogens is 1. The molecule has 0 heterocycles. The van der Waals surface area contributed by atoms with E-state index in [1.807, 2.05) is 0 Å². The third kappa shape index (κ3) is 3.91. The van der Waals surface area contributed by atoms with Gasteiger partial charge in [0.05, 0.1) is 25.3 Å². The van der Waals surface area contributed by atoms with Crippen LogP contribution < -0.4 is 10.1 Å². The van der Waals surface area contributed by atoms with E-state index < -0.39 is 0 Å². The van der Waals surface area contributed by atoms with Gasteiger partial charge in [-0.1, -0.05) is 6.92 Å². The second-order valence-corrected chi connectivity index (χ2v) is 3.88. The van der Waals surface area contributed by atoms with Crippen LogP contribution in [0.15, 0.2) is 18.2 Å². The van der Waals surface area contributed by atoms with Gasteiger partial charge in [-0.15, -0.1) is 0 Å². The minimum absolute atomic E-state index is 0.258. The molecule has 0 radical (unpaired) electrons. The van der Waals surface area contributed by atoms with Crippen LogP contribution in [0.2, 0.25) is 0 Å². The molecule has 1 atom stereocenters. The Balaban J connectivity index is 2.60. The second-order valence-electron chi connectivity index (χ2n) is 3.88. The molecule has 1 rings (SSSR count). The van der Waals surface area contributed by atoms with Gasteiger partial charge in [-0.25, -0.2) is 4.39 Å². The van der Waals surface area contributed by atoms with Gasteiger partial charge in [-0.3, -0.25) is 4.79 Å². The third-order valence-corrected chi connectivity index (χ3v) is 2.45. The topological polar surface area (TPSA) is 47.6 Å². The van der Waals surface area contributed by atoms with Gasteiger partial charge in [0.1, 0.15) is 11.6 Å². The van der Waals surface area contributed by atoms with Crippen molar-refractivity contribution < 1.29 is 18.7 Å². The van der Waals surface area contributed by atoms with E-state index in [1.165, 1.54) is 19.2 Å². The second kappa shape index (κ2) is 6.83. The first-order valence-electron chi connectivity index (χ1n) is 5.82. The number of benzene rings is 1. The summed E-state index contributed by atoms with van der Waals surface area (Å²) < 4.78 is 22.9. The molecule has 0 amide bonds. The predicted octanol–water partition coefficient (Wildman–Crippen LogP) is 2.45. The van der Waals surface area contributed by atoms with Gasteiger partial charge in [0, 0.05) is 12.6 Å². The zero-order chi connectivity index (χ0) is 13.5. The van der Waals surface area contributed by atoms with Crippen LogP contribution in [-0.2, 0) is 9.53 Å². The minimum Gasteiger partial charge on any atom is -0.494 e. The molecule has 0 aliphatic heterocycles. The minimum atomic E-state index is -0.365. The fourth-order valence-corrected chi connectivity index (χ4v) is 1.44. The van der Waals surface area contributed by atoms with Crippen molar-refractivity contribution in [2.24, 2.45) is 5.92 Å². The van der Waals surface area contributed by atoms with Crippen LogP contribution in [0.4, 0.5) is 10.1 Å². The summed E-state index contributed by atoms with van der Waals surface area (Å²) in [6, 6.07) is 4.20. The van der Waals surface area contributed by atoms with Crippen molar-refractivity contribution in [3.63, 3.8) is 0 Å². The number of ether oxygens (including phenoxy) is 2. The van der Waals surface area contributed by atoms with Crippen LogP contribution in [0.3, 0.4) is 0 Å². The van der Waals surface area contributed by atoms with E-state index in [9.17, 15) is 9.18 Å². The van der Waals surface area contributed by atoms with E-state index in [2.05, 4.69) is 5.32 Å². The molecule has 4 nitrogen and oxygen atoms in total. The van der Waals surface area contributed by atoms with Crippen molar-refractivity contribution >= 4 is 11.7 Å². The highest BCUT2D eigenvalue weighted by Gasteiger charge is 2.14. The highest BCUT2D eigenvalue weighted by atomic mass is 19.1. The average molecular weight is 255 g/mol. The highest BCUT2D eigenvalue weighted by molar-refractivity contribution is 5.73. The zero-order valence-electron chi connectivity index (χ0n) is 10.8. The van der Waals surface area contributed by atoms with Crippen molar-refractivity contribution in [3.8, 4) is 5.75 Å². The summed E-state index contributed by atoms with van der Waals surface area (Å²) in [6.45, 7) is 4.30. The molecule has 1 unspecified atom stereocenters. The lowest BCUT2D eigenvalue weighted by Gasteiger charge is -2.14. The Morgan fingerprint density at radius 1 is 1.50 bits per heavy atom. The van der Waals surface area contributed by atoms with Crippen molar-refractivity contribution in [3.05, 3.63) is 24.0 Å². The van der Waals surface area contributed by atoms with Crippen molar-refractivity contribution in [2.75, 3.05) is 25.6 Å². The summed E-state index contributed by atoms with van der Waals surface area (Å²) in [6.07, 6.45) is 0. The number of carbonyl (C=O) groups excluding carboxylic acids is 1. The first-order chi connectivity index (χ1) is 8.58. The number of rotatable bonds is 6. The Bertz CT molecular complexity index is 409. The number of hydrogen-bond acceptors (Lipinski definition) is 4. The van der Waals surface area contributed by atoms with Gasteiger partial charge in [0.25, 0.3) is 0 Å². The molecular formula is C13H18FNO3. The zero-order valence-corrected chi connectivity index (χ0v) is 10.8. The maximum absolute atomic E-state index is 13.0. The molecule has 0 aliphatic carbocycles. The molecule has 0 aliphatic rings. The number of esters is 1. The fraction of sp³-hybridized carbons (Fsp3) is 0.462. The van der Waals surface area contributed by atoms with Crippen molar-refractivity contribution in [1.29, 1.82) is 0 Å². The van der Waals surface area contributed by atoms with Crippen LogP contribution >= 0.6 is 0 Å². The summed E-state index contributed by atoms with van der Waals surface area (Å²) in [5, 5.41) is 3.04. The van der Waals surface area contributed by atoms with Crippen LogP contribution in [0, 0.1) is 11.7 Å². The van der Waals surface area contributed by atoms with Crippen LogP contribution in [-0.4, -0.2) is 26.2 Å². The molecule has 18 heavy (non-hydrogen) atoms.